The summed E-state index contributed by atoms with van der Waals surface area (Å²) in [6.45, 7) is 0. The number of anilines is 2. The van der Waals surface area contributed by atoms with E-state index in [2.05, 4.69) is 20.8 Å². The van der Waals surface area contributed by atoms with Crippen LogP contribution in [-0.2, 0) is 4.79 Å². The molecule has 6 nitrogen and oxygen atoms in total. The lowest BCUT2D eigenvalue weighted by Gasteiger charge is -2.11. The Bertz CT molecular complexity index is 901. The van der Waals surface area contributed by atoms with Gasteiger partial charge in [0.2, 0.25) is 5.91 Å². The molecule has 0 bridgehead atoms. The Morgan fingerprint density at radius 3 is 2.58 bits per heavy atom. The number of para-hydroxylation sites is 1. The topological polar surface area (TPSA) is 84.0 Å². The standard InChI is InChI=1S/C17H13ClN4O2S2/c18-11-5-7-12(8-6-11)20-16(24)13-3-1-2-4-14(13)21-15(23)9-25-17-22-19-10-26-17/h1-8,10H,9H2,(H,20,24)(H,21,23). The normalized spacial score (nSPS) is 10.3. The maximum Gasteiger partial charge on any atom is 0.257 e. The molecule has 0 aliphatic heterocycles. The molecule has 0 spiro atoms. The molecule has 132 valence electrons. The number of rotatable bonds is 6. The van der Waals surface area contributed by atoms with E-state index in [-0.39, 0.29) is 17.6 Å². The Balaban J connectivity index is 1.66. The molecule has 2 N–H and O–H groups in total. The van der Waals surface area contributed by atoms with E-state index in [1.54, 1.807) is 54.0 Å². The molecule has 2 amide bonds. The average molecular weight is 405 g/mol. The van der Waals surface area contributed by atoms with Gasteiger partial charge >= 0.3 is 0 Å². The van der Waals surface area contributed by atoms with Gasteiger partial charge < -0.3 is 10.6 Å². The van der Waals surface area contributed by atoms with Crippen molar-refractivity contribution in [2.45, 2.75) is 4.34 Å². The van der Waals surface area contributed by atoms with Crippen molar-refractivity contribution in [1.29, 1.82) is 0 Å². The van der Waals surface area contributed by atoms with Crippen LogP contribution in [0.3, 0.4) is 0 Å². The molecule has 0 atom stereocenters. The maximum atomic E-state index is 12.5. The number of carbonyl (C=O) groups excluding carboxylic acids is 2. The molecule has 0 radical (unpaired) electrons. The zero-order valence-electron chi connectivity index (χ0n) is 13.3. The molecule has 3 aromatic rings. The van der Waals surface area contributed by atoms with Crippen LogP contribution in [0, 0.1) is 0 Å². The van der Waals surface area contributed by atoms with Crippen LogP contribution in [0.2, 0.25) is 5.02 Å². The highest BCUT2D eigenvalue weighted by atomic mass is 35.5. The number of halogens is 1. The van der Waals surface area contributed by atoms with Crippen LogP contribution in [0.4, 0.5) is 11.4 Å². The Morgan fingerprint density at radius 2 is 1.85 bits per heavy atom. The first-order valence-electron chi connectivity index (χ1n) is 7.46. The Morgan fingerprint density at radius 1 is 1.08 bits per heavy atom. The number of benzene rings is 2. The number of amides is 2. The second kappa shape index (κ2) is 8.79. The van der Waals surface area contributed by atoms with Crippen molar-refractivity contribution < 1.29 is 9.59 Å². The van der Waals surface area contributed by atoms with Crippen LogP contribution >= 0.6 is 34.7 Å². The van der Waals surface area contributed by atoms with Crippen LogP contribution in [0.5, 0.6) is 0 Å². The van der Waals surface area contributed by atoms with Gasteiger partial charge in [0, 0.05) is 10.7 Å². The first-order chi connectivity index (χ1) is 12.6. The summed E-state index contributed by atoms with van der Waals surface area (Å²) < 4.78 is 0.717. The highest BCUT2D eigenvalue weighted by Gasteiger charge is 2.14. The quantitative estimate of drug-likeness (QED) is 0.602. The molecular formula is C17H13ClN4O2S2. The van der Waals surface area contributed by atoms with E-state index < -0.39 is 0 Å². The van der Waals surface area contributed by atoms with E-state index in [1.165, 1.54) is 23.1 Å². The molecule has 26 heavy (non-hydrogen) atoms. The minimum atomic E-state index is -0.319. The van der Waals surface area contributed by atoms with Gasteiger partial charge in [0.1, 0.15) is 5.51 Å². The number of hydrogen-bond donors (Lipinski definition) is 2. The average Bonchev–Trinajstić information content (AvgIpc) is 3.16. The zero-order chi connectivity index (χ0) is 18.4. The van der Waals surface area contributed by atoms with Crippen LogP contribution in [-0.4, -0.2) is 27.8 Å². The van der Waals surface area contributed by atoms with Crippen molar-refractivity contribution in [3.63, 3.8) is 0 Å². The highest BCUT2D eigenvalue weighted by molar-refractivity contribution is 8.01. The van der Waals surface area contributed by atoms with Crippen molar-refractivity contribution in [2.75, 3.05) is 16.4 Å². The number of nitrogens with zero attached hydrogens (tertiary/aromatic N) is 2. The summed E-state index contributed by atoms with van der Waals surface area (Å²) in [5, 5.41) is 13.7. The Kier molecular flexibility index (Phi) is 6.21. The lowest BCUT2D eigenvalue weighted by molar-refractivity contribution is -0.113. The zero-order valence-corrected chi connectivity index (χ0v) is 15.7. The molecule has 2 aromatic carbocycles. The number of nitrogens with one attached hydrogen (secondary N) is 2. The second-order valence-electron chi connectivity index (χ2n) is 5.05. The van der Waals surface area contributed by atoms with E-state index in [4.69, 9.17) is 11.6 Å². The van der Waals surface area contributed by atoms with E-state index >= 15 is 0 Å². The third-order valence-corrected chi connectivity index (χ3v) is 5.33. The SMILES string of the molecule is O=C(CSc1nncs1)Nc1ccccc1C(=O)Nc1ccc(Cl)cc1. The number of thioether (sulfide) groups is 1. The van der Waals surface area contributed by atoms with Gasteiger partial charge in [0.05, 0.1) is 17.0 Å². The molecule has 1 aromatic heterocycles. The van der Waals surface area contributed by atoms with Crippen LogP contribution in [0.1, 0.15) is 10.4 Å². The van der Waals surface area contributed by atoms with Gasteiger partial charge in [0.15, 0.2) is 4.34 Å². The largest absolute Gasteiger partial charge is 0.325 e. The van der Waals surface area contributed by atoms with Crippen molar-refractivity contribution >= 4 is 57.9 Å². The summed E-state index contributed by atoms with van der Waals surface area (Å²) in [7, 11) is 0. The van der Waals surface area contributed by atoms with Gasteiger partial charge in [-0.25, -0.2) is 0 Å². The van der Waals surface area contributed by atoms with E-state index in [1.807, 2.05) is 0 Å². The van der Waals surface area contributed by atoms with Gasteiger partial charge in [-0.3, -0.25) is 9.59 Å². The fourth-order valence-electron chi connectivity index (χ4n) is 2.06. The summed E-state index contributed by atoms with van der Waals surface area (Å²) in [6, 6.07) is 13.6. The van der Waals surface area contributed by atoms with Crippen LogP contribution < -0.4 is 10.6 Å². The molecule has 3 rings (SSSR count). The Labute approximate surface area is 163 Å². The van der Waals surface area contributed by atoms with E-state index in [9.17, 15) is 9.59 Å². The summed E-state index contributed by atoms with van der Waals surface area (Å²) in [4.78, 5) is 24.7. The molecule has 0 saturated carbocycles. The maximum absolute atomic E-state index is 12.5. The molecule has 0 fully saturated rings. The van der Waals surface area contributed by atoms with E-state index in [0.29, 0.717) is 26.3 Å². The number of carbonyl (C=O) groups is 2. The molecule has 0 unspecified atom stereocenters. The second-order valence-corrected chi connectivity index (χ2v) is 7.54. The fraction of sp³-hybridized carbons (Fsp3) is 0.0588. The summed E-state index contributed by atoms with van der Waals surface area (Å²) in [5.41, 5.74) is 3.04. The molecule has 0 saturated heterocycles. The third-order valence-electron chi connectivity index (χ3n) is 3.21. The number of hydrogen-bond acceptors (Lipinski definition) is 6. The molecular weight excluding hydrogens is 392 g/mol. The van der Waals surface area contributed by atoms with Gasteiger partial charge in [-0.05, 0) is 36.4 Å². The van der Waals surface area contributed by atoms with Crippen molar-refractivity contribution in [3.05, 3.63) is 64.6 Å². The minimum absolute atomic E-state index is 0.183. The van der Waals surface area contributed by atoms with Crippen LogP contribution in [0.15, 0.2) is 58.4 Å². The van der Waals surface area contributed by atoms with Gasteiger partial charge in [-0.1, -0.05) is 46.8 Å². The van der Waals surface area contributed by atoms with Gasteiger partial charge in [-0.2, -0.15) is 0 Å². The Hall–Kier alpha value is -2.42. The predicted molar refractivity (Wildman–Crippen MR) is 105 cm³/mol. The highest BCUT2D eigenvalue weighted by Crippen LogP contribution is 2.21. The van der Waals surface area contributed by atoms with Crippen LogP contribution in [0.25, 0.3) is 0 Å². The first-order valence-corrected chi connectivity index (χ1v) is 9.71. The van der Waals surface area contributed by atoms with Crippen molar-refractivity contribution in [1.82, 2.24) is 10.2 Å². The molecule has 0 aliphatic carbocycles. The summed E-state index contributed by atoms with van der Waals surface area (Å²) in [5.74, 6) is -0.362. The predicted octanol–water partition coefficient (Wildman–Crippen LogP) is 4.17. The van der Waals surface area contributed by atoms with E-state index in [0.717, 1.165) is 0 Å². The fourth-order valence-corrected chi connectivity index (χ4v) is 3.48. The van der Waals surface area contributed by atoms with Gasteiger partial charge in [0.25, 0.3) is 5.91 Å². The summed E-state index contributed by atoms with van der Waals surface area (Å²) >= 11 is 8.51. The lowest BCUT2D eigenvalue weighted by atomic mass is 10.1. The van der Waals surface area contributed by atoms with Crippen molar-refractivity contribution in [2.24, 2.45) is 0 Å². The van der Waals surface area contributed by atoms with Crippen molar-refractivity contribution in [3.8, 4) is 0 Å². The first kappa shape index (κ1) is 18.4. The monoisotopic (exact) mass is 404 g/mol. The molecule has 1 heterocycles. The molecule has 0 aliphatic rings. The van der Waals surface area contributed by atoms with Gasteiger partial charge in [-0.15, -0.1) is 10.2 Å². The third kappa shape index (κ3) is 5.04. The molecule has 9 heteroatoms. The number of aromatic nitrogens is 2. The minimum Gasteiger partial charge on any atom is -0.325 e. The summed E-state index contributed by atoms with van der Waals surface area (Å²) in [6.07, 6.45) is 0. The smallest absolute Gasteiger partial charge is 0.257 e. The lowest BCUT2D eigenvalue weighted by Crippen LogP contribution is -2.19.